The Hall–Kier alpha value is -0.0900. The molecule has 0 saturated heterocycles. The molecule has 0 aliphatic rings. The summed E-state index contributed by atoms with van der Waals surface area (Å²) in [5.41, 5.74) is 0. The van der Waals surface area contributed by atoms with Crippen LogP contribution < -0.4 is 0 Å². The highest BCUT2D eigenvalue weighted by Crippen LogP contribution is 2.23. The maximum atomic E-state index is 11.0. The van der Waals surface area contributed by atoms with Gasteiger partial charge in [-0.3, -0.25) is 4.55 Å². The molecule has 16 heavy (non-hydrogen) atoms. The van der Waals surface area contributed by atoms with Crippen LogP contribution in [-0.4, -0.2) is 17.7 Å². The van der Waals surface area contributed by atoms with Gasteiger partial charge in [0, 0.05) is 0 Å². The molecule has 98 valence electrons. The molecule has 0 atom stereocenters. The summed E-state index contributed by atoms with van der Waals surface area (Å²) in [6, 6.07) is 0. The zero-order valence-electron chi connectivity index (χ0n) is 10.8. The Bertz CT molecular complexity index is 268. The van der Waals surface area contributed by atoms with Crippen LogP contribution in [0.2, 0.25) is 0 Å². The zero-order valence-corrected chi connectivity index (χ0v) is 11.6. The molecule has 0 radical (unpaired) electrons. The minimum Gasteiger partial charge on any atom is -0.285 e. The maximum Gasteiger partial charge on any atom is 0.270 e. The molecule has 0 aliphatic heterocycles. The van der Waals surface area contributed by atoms with E-state index in [0.29, 0.717) is 6.42 Å². The smallest absolute Gasteiger partial charge is 0.270 e. The topological polar surface area (TPSA) is 54.4 Å². The summed E-state index contributed by atoms with van der Waals surface area (Å²) in [6.45, 7) is 5.35. The fourth-order valence-electron chi connectivity index (χ4n) is 1.64. The van der Waals surface area contributed by atoms with Gasteiger partial charge in [-0.1, -0.05) is 51.9 Å². The van der Waals surface area contributed by atoms with Crippen LogP contribution >= 0.6 is 0 Å². The van der Waals surface area contributed by atoms with Crippen LogP contribution in [-0.2, 0) is 10.1 Å². The van der Waals surface area contributed by atoms with E-state index in [4.69, 9.17) is 4.55 Å². The fourth-order valence-corrected chi connectivity index (χ4v) is 2.04. The molecule has 0 amide bonds. The second-order valence-electron chi connectivity index (χ2n) is 5.11. The quantitative estimate of drug-likeness (QED) is 0.500. The largest absolute Gasteiger partial charge is 0.285 e. The summed E-state index contributed by atoms with van der Waals surface area (Å²) >= 11 is 0. The van der Waals surface area contributed by atoms with E-state index in [1.807, 2.05) is 0 Å². The van der Waals surface area contributed by atoms with Crippen LogP contribution in [0.4, 0.5) is 0 Å². The van der Waals surface area contributed by atoms with Crippen molar-refractivity contribution in [3.05, 3.63) is 0 Å². The molecule has 0 bridgehead atoms. The molecule has 0 spiro atoms. The predicted octanol–water partition coefficient (Wildman–Crippen LogP) is 3.79. The first-order valence-corrected chi connectivity index (χ1v) is 7.72. The van der Waals surface area contributed by atoms with Gasteiger partial charge in [-0.25, -0.2) is 0 Å². The molecule has 0 aromatic heterocycles. The molecule has 0 unspecified atom stereocenters. The van der Waals surface area contributed by atoms with Crippen molar-refractivity contribution in [2.24, 2.45) is 0 Å². The van der Waals surface area contributed by atoms with Gasteiger partial charge in [0.2, 0.25) is 0 Å². The summed E-state index contributed by atoms with van der Waals surface area (Å²) in [5, 5.41) is 0. The van der Waals surface area contributed by atoms with Gasteiger partial charge in [-0.2, -0.15) is 8.42 Å². The van der Waals surface area contributed by atoms with Crippen molar-refractivity contribution in [3.63, 3.8) is 0 Å². The fraction of sp³-hybridized carbons (Fsp3) is 1.00. The molecule has 0 rings (SSSR count). The first-order chi connectivity index (χ1) is 7.31. The van der Waals surface area contributed by atoms with Gasteiger partial charge in [0.1, 0.15) is 0 Å². The van der Waals surface area contributed by atoms with Gasteiger partial charge in [0.25, 0.3) is 10.1 Å². The number of hydrogen-bond acceptors (Lipinski definition) is 2. The molecule has 0 heterocycles. The number of hydrogen-bond donors (Lipinski definition) is 1. The molecule has 0 saturated carbocycles. The Morgan fingerprint density at radius 3 is 1.81 bits per heavy atom. The third kappa shape index (κ3) is 6.48. The highest BCUT2D eigenvalue weighted by atomic mass is 32.2. The zero-order chi connectivity index (χ0) is 12.7. The lowest BCUT2D eigenvalue weighted by Gasteiger charge is -2.20. The summed E-state index contributed by atoms with van der Waals surface area (Å²) < 4.78 is 30.0. The molecular formula is C12H26O3S. The van der Waals surface area contributed by atoms with E-state index in [1.165, 1.54) is 32.1 Å². The van der Waals surface area contributed by atoms with E-state index in [1.54, 1.807) is 13.8 Å². The molecule has 0 aromatic rings. The summed E-state index contributed by atoms with van der Waals surface area (Å²) in [7, 11) is -3.90. The summed E-state index contributed by atoms with van der Waals surface area (Å²) in [5.74, 6) is 0. The molecule has 0 aliphatic carbocycles. The van der Waals surface area contributed by atoms with Crippen LogP contribution in [0, 0.1) is 0 Å². The number of rotatable bonds is 9. The summed E-state index contributed by atoms with van der Waals surface area (Å²) in [6.07, 6.45) is 8.69. The molecule has 0 fully saturated rings. The van der Waals surface area contributed by atoms with Crippen LogP contribution in [0.5, 0.6) is 0 Å². The predicted molar refractivity (Wildman–Crippen MR) is 68.2 cm³/mol. The Kier molecular flexibility index (Phi) is 7.24. The van der Waals surface area contributed by atoms with Crippen LogP contribution in [0.3, 0.4) is 0 Å². The van der Waals surface area contributed by atoms with Gasteiger partial charge in [-0.15, -0.1) is 0 Å². The lowest BCUT2D eigenvalue weighted by Crippen LogP contribution is -2.31. The Balaban J connectivity index is 3.59. The Morgan fingerprint density at radius 2 is 1.38 bits per heavy atom. The Morgan fingerprint density at radius 1 is 0.938 bits per heavy atom. The highest BCUT2D eigenvalue weighted by molar-refractivity contribution is 7.87. The van der Waals surface area contributed by atoms with E-state index in [2.05, 4.69) is 6.92 Å². The van der Waals surface area contributed by atoms with Gasteiger partial charge in [-0.05, 0) is 20.3 Å². The van der Waals surface area contributed by atoms with Gasteiger partial charge < -0.3 is 0 Å². The minimum atomic E-state index is -3.90. The van der Waals surface area contributed by atoms with Gasteiger partial charge in [0.15, 0.2) is 0 Å². The van der Waals surface area contributed by atoms with Crippen molar-refractivity contribution in [2.75, 3.05) is 0 Å². The molecule has 4 heteroatoms. The normalized spacial score (nSPS) is 13.0. The highest BCUT2D eigenvalue weighted by Gasteiger charge is 2.31. The van der Waals surface area contributed by atoms with Gasteiger partial charge in [0.05, 0.1) is 4.75 Å². The van der Waals surface area contributed by atoms with E-state index in [9.17, 15) is 8.42 Å². The molecule has 1 N–H and O–H groups in total. The van der Waals surface area contributed by atoms with E-state index in [0.717, 1.165) is 12.8 Å². The van der Waals surface area contributed by atoms with Crippen molar-refractivity contribution >= 4 is 10.1 Å². The van der Waals surface area contributed by atoms with Crippen LogP contribution in [0.1, 0.15) is 72.1 Å². The molecule has 3 nitrogen and oxygen atoms in total. The van der Waals surface area contributed by atoms with Gasteiger partial charge >= 0.3 is 0 Å². The SMILES string of the molecule is CCCCCCCCCC(C)(C)S(=O)(=O)O. The third-order valence-electron chi connectivity index (χ3n) is 3.08. The average Bonchev–Trinajstić information content (AvgIpc) is 2.14. The van der Waals surface area contributed by atoms with Crippen molar-refractivity contribution in [3.8, 4) is 0 Å². The second-order valence-corrected chi connectivity index (χ2v) is 7.16. The molecule has 0 aromatic carbocycles. The van der Waals surface area contributed by atoms with E-state index >= 15 is 0 Å². The second kappa shape index (κ2) is 7.28. The first kappa shape index (κ1) is 15.9. The van der Waals surface area contributed by atoms with E-state index in [-0.39, 0.29) is 0 Å². The van der Waals surface area contributed by atoms with Crippen LogP contribution in [0.15, 0.2) is 0 Å². The van der Waals surface area contributed by atoms with Crippen molar-refractivity contribution < 1.29 is 13.0 Å². The standard InChI is InChI=1S/C12H26O3S/c1-4-5-6-7-8-9-10-11-12(2,3)16(13,14)15/h4-11H2,1-3H3,(H,13,14,15). The van der Waals surface area contributed by atoms with Crippen molar-refractivity contribution in [1.29, 1.82) is 0 Å². The Labute approximate surface area is 100 Å². The van der Waals surface area contributed by atoms with E-state index < -0.39 is 14.9 Å². The monoisotopic (exact) mass is 250 g/mol. The maximum absolute atomic E-state index is 11.0. The third-order valence-corrected chi connectivity index (χ3v) is 4.68. The first-order valence-electron chi connectivity index (χ1n) is 6.28. The van der Waals surface area contributed by atoms with Crippen LogP contribution in [0.25, 0.3) is 0 Å². The minimum absolute atomic E-state index is 0.541. The van der Waals surface area contributed by atoms with Crippen molar-refractivity contribution in [1.82, 2.24) is 0 Å². The lowest BCUT2D eigenvalue weighted by atomic mass is 10.0. The lowest BCUT2D eigenvalue weighted by molar-refractivity contribution is 0.422. The average molecular weight is 250 g/mol. The summed E-state index contributed by atoms with van der Waals surface area (Å²) in [4.78, 5) is 0. The molecular weight excluding hydrogens is 224 g/mol. The number of unbranched alkanes of at least 4 members (excludes halogenated alkanes) is 6. The van der Waals surface area contributed by atoms with Crippen molar-refractivity contribution in [2.45, 2.75) is 76.9 Å².